The van der Waals surface area contributed by atoms with Crippen molar-refractivity contribution in [3.05, 3.63) is 12.2 Å². The topological polar surface area (TPSA) is 63.6 Å². The number of rotatable bonds is 6. The maximum Gasteiger partial charge on any atom is 0.460 e. The van der Waals surface area contributed by atoms with Crippen LogP contribution >= 0.6 is 0 Å². The zero-order valence-electron chi connectivity index (χ0n) is 11.1. The number of aliphatic carboxylic acids is 1. The highest BCUT2D eigenvalue weighted by Crippen LogP contribution is 2.49. The summed E-state index contributed by atoms with van der Waals surface area (Å²) in [5, 5.41) is 8.19. The van der Waals surface area contributed by atoms with Crippen LogP contribution in [0.1, 0.15) is 13.8 Å². The van der Waals surface area contributed by atoms with Crippen LogP contribution in [0.2, 0.25) is 0 Å². The molecule has 1 N–H and O–H groups in total. The van der Waals surface area contributed by atoms with Gasteiger partial charge in [0.2, 0.25) is 0 Å². The van der Waals surface area contributed by atoms with Crippen LogP contribution in [-0.2, 0) is 14.3 Å². The summed E-state index contributed by atoms with van der Waals surface area (Å²) in [7, 11) is 0. The van der Waals surface area contributed by atoms with Gasteiger partial charge in [-0.2, -0.15) is 30.7 Å². The molecule has 0 rings (SSSR count). The lowest BCUT2D eigenvalue weighted by atomic mass is 9.95. The Morgan fingerprint density at radius 3 is 1.77 bits per heavy atom. The van der Waals surface area contributed by atoms with Crippen molar-refractivity contribution in [2.24, 2.45) is 5.92 Å². The average Bonchev–Trinajstić information content (AvgIpc) is 2.31. The van der Waals surface area contributed by atoms with Crippen molar-refractivity contribution < 1.29 is 50.2 Å². The Bertz CT molecular complexity index is 454. The lowest BCUT2D eigenvalue weighted by Crippen LogP contribution is -2.60. The molecule has 0 spiro atoms. The first kappa shape index (κ1) is 20.2. The molecule has 0 aromatic carbocycles. The van der Waals surface area contributed by atoms with Crippen molar-refractivity contribution in [3.63, 3.8) is 0 Å². The highest BCUT2D eigenvalue weighted by molar-refractivity contribution is 5.90. The van der Waals surface area contributed by atoms with Crippen LogP contribution in [0.25, 0.3) is 0 Å². The van der Waals surface area contributed by atoms with E-state index in [1.54, 1.807) is 0 Å². The molecular weight excluding hydrogens is 329 g/mol. The molecule has 1 unspecified atom stereocenters. The summed E-state index contributed by atoms with van der Waals surface area (Å²) in [5.74, 6) is -17.3. The van der Waals surface area contributed by atoms with E-state index in [4.69, 9.17) is 5.11 Å². The number of halogens is 7. The number of carboxylic acid groups (broad SMARTS) is 1. The Hall–Kier alpha value is -1.81. The second-order valence-electron chi connectivity index (χ2n) is 4.47. The van der Waals surface area contributed by atoms with Crippen molar-refractivity contribution in [2.75, 3.05) is 0 Å². The molecule has 0 aromatic heterocycles. The third kappa shape index (κ3) is 4.34. The van der Waals surface area contributed by atoms with Crippen LogP contribution in [0.15, 0.2) is 12.2 Å². The molecule has 0 saturated carbocycles. The van der Waals surface area contributed by atoms with Crippen molar-refractivity contribution >= 4 is 11.9 Å². The molecule has 0 amide bonds. The minimum atomic E-state index is -6.56. The highest BCUT2D eigenvalue weighted by Gasteiger charge is 2.76. The van der Waals surface area contributed by atoms with Crippen molar-refractivity contribution in [2.45, 2.75) is 38.0 Å². The molecule has 22 heavy (non-hydrogen) atoms. The van der Waals surface area contributed by atoms with Gasteiger partial charge in [0, 0.05) is 12.2 Å². The third-order valence-electron chi connectivity index (χ3n) is 2.34. The molecule has 0 aliphatic carbocycles. The number of carbonyl (C=O) groups is 2. The predicted octanol–water partition coefficient (Wildman–Crippen LogP) is 3.03. The van der Waals surface area contributed by atoms with E-state index < -0.39 is 42.0 Å². The van der Waals surface area contributed by atoms with Crippen molar-refractivity contribution in [1.82, 2.24) is 0 Å². The lowest BCUT2D eigenvalue weighted by molar-refractivity contribution is -0.373. The fraction of sp³-hybridized carbons (Fsp3) is 0.636. The van der Waals surface area contributed by atoms with Gasteiger partial charge < -0.3 is 9.84 Å². The second kappa shape index (κ2) is 6.53. The summed E-state index contributed by atoms with van der Waals surface area (Å²) in [6.07, 6.45) is -9.42. The van der Waals surface area contributed by atoms with Gasteiger partial charge in [-0.05, 0) is 5.92 Å². The van der Waals surface area contributed by atoms with E-state index in [9.17, 15) is 40.3 Å². The maximum atomic E-state index is 13.5. The number of carboxylic acids is 1. The van der Waals surface area contributed by atoms with Crippen LogP contribution in [-0.4, -0.2) is 41.2 Å². The van der Waals surface area contributed by atoms with E-state index in [1.807, 2.05) is 0 Å². The summed E-state index contributed by atoms with van der Waals surface area (Å²) in [5.41, 5.74) is 0. The Labute approximate surface area is 119 Å². The molecule has 0 heterocycles. The summed E-state index contributed by atoms with van der Waals surface area (Å²) in [4.78, 5) is 21.2. The number of hydrogen-bond acceptors (Lipinski definition) is 3. The largest absolute Gasteiger partial charge is 0.478 e. The molecule has 0 saturated heterocycles. The van der Waals surface area contributed by atoms with Crippen LogP contribution < -0.4 is 0 Å². The van der Waals surface area contributed by atoms with Crippen molar-refractivity contribution in [3.8, 4) is 0 Å². The molecule has 0 fully saturated rings. The summed E-state index contributed by atoms with van der Waals surface area (Å²) in [6.45, 7) is 1.67. The number of alkyl halides is 7. The molecule has 0 aliphatic rings. The Morgan fingerprint density at radius 1 is 1.00 bits per heavy atom. The fourth-order valence-electron chi connectivity index (χ4n) is 1.30. The van der Waals surface area contributed by atoms with Gasteiger partial charge in [-0.15, -0.1) is 0 Å². The predicted molar refractivity (Wildman–Crippen MR) is 57.4 cm³/mol. The van der Waals surface area contributed by atoms with Gasteiger partial charge in [0.25, 0.3) is 0 Å². The van der Waals surface area contributed by atoms with Gasteiger partial charge in [0.15, 0.2) is 6.10 Å². The molecule has 0 aliphatic heterocycles. The minimum absolute atomic E-state index is 0.111. The zero-order valence-corrected chi connectivity index (χ0v) is 11.1. The summed E-state index contributed by atoms with van der Waals surface area (Å²) < 4.78 is 92.9. The third-order valence-corrected chi connectivity index (χ3v) is 2.34. The van der Waals surface area contributed by atoms with E-state index >= 15 is 0 Å². The van der Waals surface area contributed by atoms with E-state index in [2.05, 4.69) is 4.74 Å². The molecule has 11 heteroatoms. The Morgan fingerprint density at radius 2 is 1.45 bits per heavy atom. The first-order valence-corrected chi connectivity index (χ1v) is 5.58. The first-order chi connectivity index (χ1) is 9.64. The van der Waals surface area contributed by atoms with Crippen LogP contribution in [0.3, 0.4) is 0 Å². The van der Waals surface area contributed by atoms with Gasteiger partial charge in [-0.1, -0.05) is 13.8 Å². The summed E-state index contributed by atoms with van der Waals surface area (Å²) >= 11 is 0. The molecule has 128 valence electrons. The van der Waals surface area contributed by atoms with Gasteiger partial charge in [0.1, 0.15) is 0 Å². The molecular formula is C11H11F7O4. The first-order valence-electron chi connectivity index (χ1n) is 5.58. The van der Waals surface area contributed by atoms with Crippen molar-refractivity contribution in [1.29, 1.82) is 0 Å². The van der Waals surface area contributed by atoms with Crippen LogP contribution in [0.5, 0.6) is 0 Å². The highest BCUT2D eigenvalue weighted by atomic mass is 19.4. The maximum absolute atomic E-state index is 13.5. The molecule has 0 aromatic rings. The molecule has 0 radical (unpaired) electrons. The molecule has 1 atom stereocenters. The van der Waals surface area contributed by atoms with E-state index in [1.165, 1.54) is 0 Å². The molecule has 4 nitrogen and oxygen atoms in total. The van der Waals surface area contributed by atoms with Gasteiger partial charge in [-0.3, -0.25) is 0 Å². The van der Waals surface area contributed by atoms with Gasteiger partial charge in [-0.25, -0.2) is 9.59 Å². The second-order valence-corrected chi connectivity index (χ2v) is 4.47. The monoisotopic (exact) mass is 340 g/mol. The van der Waals surface area contributed by atoms with E-state index in [0.717, 1.165) is 13.8 Å². The molecule has 0 bridgehead atoms. The minimum Gasteiger partial charge on any atom is -0.478 e. The van der Waals surface area contributed by atoms with Gasteiger partial charge in [0.05, 0.1) is 0 Å². The van der Waals surface area contributed by atoms with Crippen LogP contribution in [0, 0.1) is 5.92 Å². The lowest BCUT2D eigenvalue weighted by Gasteiger charge is -2.35. The van der Waals surface area contributed by atoms with E-state index in [-0.39, 0.29) is 12.2 Å². The number of carbonyl (C=O) groups excluding carboxylic acids is 1. The van der Waals surface area contributed by atoms with E-state index in [0.29, 0.717) is 0 Å². The standard InChI is InChI=1S/C11H11F7O4/c1-5(2)8(22-7(21)4-3-6(19)20)9(12,13)10(14,15)11(16,17)18/h3-5,8H,1-2H3,(H,19,20)/b4-3+. The number of ether oxygens (including phenoxy) is 1. The Balaban J connectivity index is 5.50. The average molecular weight is 340 g/mol. The Kier molecular flexibility index (Phi) is 5.99. The fourth-order valence-corrected chi connectivity index (χ4v) is 1.30. The normalized spacial score (nSPS) is 15.2. The zero-order chi connectivity index (χ0) is 17.9. The van der Waals surface area contributed by atoms with Crippen LogP contribution in [0.4, 0.5) is 30.7 Å². The number of hydrogen-bond donors (Lipinski definition) is 1. The SMILES string of the molecule is CC(C)C(OC(=O)/C=C/C(=O)O)C(F)(F)C(F)(F)C(F)(F)F. The summed E-state index contributed by atoms with van der Waals surface area (Å²) in [6, 6.07) is 0. The smallest absolute Gasteiger partial charge is 0.460 e. The quantitative estimate of drug-likeness (QED) is 0.459. The number of esters is 1. The van der Waals surface area contributed by atoms with Gasteiger partial charge >= 0.3 is 30.0 Å².